The summed E-state index contributed by atoms with van der Waals surface area (Å²) in [5, 5.41) is 9.22. The Kier molecular flexibility index (Phi) is 8.27. The van der Waals surface area contributed by atoms with Gasteiger partial charge in [0.15, 0.2) is 0 Å². The van der Waals surface area contributed by atoms with Crippen molar-refractivity contribution in [3.05, 3.63) is 70.2 Å². The molecule has 2 aromatic carbocycles. The van der Waals surface area contributed by atoms with E-state index in [0.29, 0.717) is 31.1 Å². The normalized spacial score (nSPS) is 19.1. The second-order valence-electron chi connectivity index (χ2n) is 10.7. The summed E-state index contributed by atoms with van der Waals surface area (Å²) >= 11 is 6.02. The summed E-state index contributed by atoms with van der Waals surface area (Å²) in [4.78, 5) is 39.7. The Morgan fingerprint density at radius 3 is 2.32 bits per heavy atom. The molecule has 0 bridgehead atoms. The number of piperidine rings is 1. The number of alkyl carbamates (subject to hydrolysis) is 1. The Balaban J connectivity index is 1.44. The molecule has 2 aliphatic heterocycles. The van der Waals surface area contributed by atoms with Gasteiger partial charge in [0.05, 0.1) is 6.04 Å². The molecule has 198 valence electrons. The molecule has 0 aromatic heterocycles. The predicted octanol–water partition coefficient (Wildman–Crippen LogP) is 4.54. The van der Waals surface area contributed by atoms with Crippen molar-refractivity contribution in [2.45, 2.75) is 63.6 Å². The van der Waals surface area contributed by atoms with Gasteiger partial charge in [-0.3, -0.25) is 4.79 Å². The van der Waals surface area contributed by atoms with Crippen molar-refractivity contribution in [3.63, 3.8) is 0 Å². The minimum atomic E-state index is -0.750. The molecule has 1 unspecified atom stereocenters. The van der Waals surface area contributed by atoms with Gasteiger partial charge in [0.1, 0.15) is 11.6 Å². The highest BCUT2D eigenvalue weighted by molar-refractivity contribution is 6.30. The molecule has 4 amide bonds. The SMILES string of the molecule is CC(C)(C)OC(=O)N[C@H](Cc1ccc(Cl)cc1)C(=O)N1CCC(c2ccccc2C2CNC(=O)N2)CC1. The van der Waals surface area contributed by atoms with Crippen LogP contribution in [0.2, 0.25) is 5.02 Å². The number of ether oxygens (including phenoxy) is 1. The fourth-order valence-electron chi connectivity index (χ4n) is 4.98. The predicted molar refractivity (Wildman–Crippen MR) is 143 cm³/mol. The smallest absolute Gasteiger partial charge is 0.408 e. The molecule has 2 aliphatic rings. The summed E-state index contributed by atoms with van der Waals surface area (Å²) in [7, 11) is 0. The monoisotopic (exact) mass is 526 g/mol. The van der Waals surface area contributed by atoms with E-state index >= 15 is 0 Å². The van der Waals surface area contributed by atoms with Crippen molar-refractivity contribution in [2.24, 2.45) is 0 Å². The molecular formula is C28H35ClN4O4. The summed E-state index contributed by atoms with van der Waals surface area (Å²) in [6.45, 7) is 7.10. The maximum absolute atomic E-state index is 13.6. The minimum Gasteiger partial charge on any atom is -0.444 e. The van der Waals surface area contributed by atoms with E-state index < -0.39 is 17.7 Å². The number of urea groups is 1. The number of halogens is 1. The first kappa shape index (κ1) is 26.8. The molecule has 2 heterocycles. The Hall–Kier alpha value is -3.26. The number of carbonyl (C=O) groups excluding carboxylic acids is 3. The molecule has 0 saturated carbocycles. The van der Waals surface area contributed by atoms with Crippen molar-refractivity contribution in [2.75, 3.05) is 19.6 Å². The number of likely N-dealkylation sites (tertiary alicyclic amines) is 1. The number of amides is 4. The van der Waals surface area contributed by atoms with Crippen LogP contribution in [-0.4, -0.2) is 54.2 Å². The van der Waals surface area contributed by atoms with Crippen LogP contribution in [0.4, 0.5) is 9.59 Å². The molecule has 2 atom stereocenters. The van der Waals surface area contributed by atoms with E-state index in [2.05, 4.69) is 28.1 Å². The number of nitrogens with one attached hydrogen (secondary N) is 3. The standard InChI is InChI=1S/C28H35ClN4O4/c1-28(2,3)37-27(36)32-23(16-18-8-10-20(29)11-9-18)25(34)33-14-12-19(13-15-33)21-6-4-5-7-22(21)24-17-30-26(35)31-24/h4-11,19,23-24H,12-17H2,1-3H3,(H,32,36)(H2,30,31,35)/t23-,24?/m1/s1. The lowest BCUT2D eigenvalue weighted by atomic mass is 9.84. The van der Waals surface area contributed by atoms with E-state index in [1.807, 2.05) is 29.2 Å². The van der Waals surface area contributed by atoms with E-state index in [-0.39, 0.29) is 23.9 Å². The molecule has 2 fully saturated rings. The van der Waals surface area contributed by atoms with Gasteiger partial charge in [-0.15, -0.1) is 0 Å². The van der Waals surface area contributed by atoms with Gasteiger partial charge < -0.3 is 25.6 Å². The van der Waals surface area contributed by atoms with Crippen LogP contribution in [0.5, 0.6) is 0 Å². The van der Waals surface area contributed by atoms with E-state index in [0.717, 1.165) is 24.0 Å². The van der Waals surface area contributed by atoms with Gasteiger partial charge in [0.25, 0.3) is 0 Å². The number of benzene rings is 2. The lowest BCUT2D eigenvalue weighted by Gasteiger charge is -2.35. The summed E-state index contributed by atoms with van der Waals surface area (Å²) < 4.78 is 5.43. The fourth-order valence-corrected chi connectivity index (χ4v) is 5.11. The highest BCUT2D eigenvalue weighted by Crippen LogP contribution is 2.33. The molecule has 2 aromatic rings. The molecule has 0 aliphatic carbocycles. The first-order valence-electron chi connectivity index (χ1n) is 12.7. The van der Waals surface area contributed by atoms with Crippen LogP contribution in [0.3, 0.4) is 0 Å². The second kappa shape index (κ2) is 11.4. The number of hydrogen-bond donors (Lipinski definition) is 3. The van der Waals surface area contributed by atoms with Gasteiger partial charge in [-0.05, 0) is 68.4 Å². The van der Waals surface area contributed by atoms with Gasteiger partial charge in [-0.25, -0.2) is 9.59 Å². The molecular weight excluding hydrogens is 492 g/mol. The van der Waals surface area contributed by atoms with Crippen LogP contribution in [0, 0.1) is 0 Å². The van der Waals surface area contributed by atoms with E-state index in [9.17, 15) is 14.4 Å². The maximum atomic E-state index is 13.6. The van der Waals surface area contributed by atoms with Crippen molar-refractivity contribution in [3.8, 4) is 0 Å². The van der Waals surface area contributed by atoms with Crippen molar-refractivity contribution >= 4 is 29.6 Å². The Morgan fingerprint density at radius 2 is 1.73 bits per heavy atom. The van der Waals surface area contributed by atoms with Crippen LogP contribution in [0.25, 0.3) is 0 Å². The van der Waals surface area contributed by atoms with Crippen molar-refractivity contribution < 1.29 is 19.1 Å². The van der Waals surface area contributed by atoms with Gasteiger partial charge in [-0.1, -0.05) is 48.0 Å². The molecule has 4 rings (SSSR count). The number of rotatable bonds is 6. The average Bonchev–Trinajstić information content (AvgIpc) is 3.29. The first-order valence-corrected chi connectivity index (χ1v) is 13.1. The third-order valence-corrected chi connectivity index (χ3v) is 6.98. The number of hydrogen-bond acceptors (Lipinski definition) is 4. The molecule has 8 nitrogen and oxygen atoms in total. The lowest BCUT2D eigenvalue weighted by Crippen LogP contribution is -2.52. The largest absolute Gasteiger partial charge is 0.444 e. The summed E-state index contributed by atoms with van der Waals surface area (Å²) in [6, 6.07) is 14.5. The number of carbonyl (C=O) groups is 3. The quantitative estimate of drug-likeness (QED) is 0.514. The van der Waals surface area contributed by atoms with Gasteiger partial charge >= 0.3 is 12.1 Å². The van der Waals surface area contributed by atoms with E-state index in [1.165, 1.54) is 5.56 Å². The lowest BCUT2D eigenvalue weighted by molar-refractivity contribution is -0.134. The van der Waals surface area contributed by atoms with E-state index in [4.69, 9.17) is 16.3 Å². The molecule has 0 radical (unpaired) electrons. The topological polar surface area (TPSA) is 99.8 Å². The van der Waals surface area contributed by atoms with Gasteiger partial charge in [0, 0.05) is 31.1 Å². The molecule has 0 spiro atoms. The van der Waals surface area contributed by atoms with Crippen LogP contribution in [-0.2, 0) is 16.0 Å². The van der Waals surface area contributed by atoms with Crippen molar-refractivity contribution in [1.29, 1.82) is 0 Å². The maximum Gasteiger partial charge on any atom is 0.408 e. The highest BCUT2D eigenvalue weighted by Gasteiger charge is 2.33. The summed E-state index contributed by atoms with van der Waals surface area (Å²) in [6.07, 6.45) is 1.33. The van der Waals surface area contributed by atoms with E-state index in [1.54, 1.807) is 32.9 Å². The average molecular weight is 527 g/mol. The fraction of sp³-hybridized carbons (Fsp3) is 0.464. The minimum absolute atomic E-state index is 0.0508. The molecule has 9 heteroatoms. The van der Waals surface area contributed by atoms with Crippen LogP contribution < -0.4 is 16.0 Å². The zero-order chi connectivity index (χ0) is 26.6. The summed E-state index contributed by atoms with van der Waals surface area (Å²) in [5.74, 6) is 0.158. The Morgan fingerprint density at radius 1 is 1.08 bits per heavy atom. The van der Waals surface area contributed by atoms with Gasteiger partial charge in [-0.2, -0.15) is 0 Å². The number of nitrogens with zero attached hydrogens (tertiary/aromatic N) is 1. The second-order valence-corrected chi connectivity index (χ2v) is 11.1. The van der Waals surface area contributed by atoms with Crippen LogP contribution in [0.15, 0.2) is 48.5 Å². The molecule has 2 saturated heterocycles. The van der Waals surface area contributed by atoms with Crippen molar-refractivity contribution in [1.82, 2.24) is 20.9 Å². The Labute approximate surface area is 223 Å². The van der Waals surface area contributed by atoms with Crippen LogP contribution >= 0.6 is 11.6 Å². The zero-order valence-corrected chi connectivity index (χ0v) is 22.3. The highest BCUT2D eigenvalue weighted by atomic mass is 35.5. The third kappa shape index (κ3) is 7.16. The Bertz CT molecular complexity index is 1120. The third-order valence-electron chi connectivity index (χ3n) is 6.73. The summed E-state index contributed by atoms with van der Waals surface area (Å²) in [5.41, 5.74) is 2.57. The molecule has 37 heavy (non-hydrogen) atoms. The zero-order valence-electron chi connectivity index (χ0n) is 21.6. The molecule has 3 N–H and O–H groups in total. The van der Waals surface area contributed by atoms with Gasteiger partial charge in [0.2, 0.25) is 5.91 Å². The first-order chi connectivity index (χ1) is 17.6. The van der Waals surface area contributed by atoms with Crippen LogP contribution in [0.1, 0.15) is 62.3 Å².